The second kappa shape index (κ2) is 7.59. The molecule has 0 aliphatic carbocycles. The maximum atomic E-state index is 12.7. The largest absolute Gasteiger partial charge is 0.332 e. The first-order chi connectivity index (χ1) is 13.2. The number of carbonyl (C=O) groups excluding carboxylic acids is 2. The van der Waals surface area contributed by atoms with Crippen molar-refractivity contribution in [3.05, 3.63) is 53.3 Å². The fourth-order valence-corrected chi connectivity index (χ4v) is 3.88. The van der Waals surface area contributed by atoms with Gasteiger partial charge in [-0.25, -0.2) is 8.42 Å². The second-order valence-electron chi connectivity index (χ2n) is 6.80. The van der Waals surface area contributed by atoms with Crippen molar-refractivity contribution in [1.29, 1.82) is 0 Å². The highest BCUT2D eigenvalue weighted by Crippen LogP contribution is 2.19. The second-order valence-corrected chi connectivity index (χ2v) is 8.56. The Hall–Kier alpha value is -2.94. The van der Waals surface area contributed by atoms with E-state index >= 15 is 0 Å². The van der Waals surface area contributed by atoms with Crippen LogP contribution in [0.2, 0.25) is 0 Å². The molecule has 0 spiro atoms. The molecule has 3 rings (SSSR count). The highest BCUT2D eigenvalue weighted by molar-refractivity contribution is 7.90. The molecule has 0 saturated heterocycles. The monoisotopic (exact) mass is 402 g/mol. The Bertz CT molecular complexity index is 1020. The van der Waals surface area contributed by atoms with E-state index in [0.717, 1.165) is 16.8 Å². The summed E-state index contributed by atoms with van der Waals surface area (Å²) in [5, 5.41) is 2.83. The SMILES string of the molecule is Cc1cccc(NC(=O)CN(C)C(=O)C2=CN3CCS(=O)(=O)N=C3C=C2)c1C. The lowest BCUT2D eigenvalue weighted by atomic mass is 10.1. The van der Waals surface area contributed by atoms with Crippen LogP contribution in [0.15, 0.2) is 46.5 Å². The highest BCUT2D eigenvalue weighted by Gasteiger charge is 2.26. The van der Waals surface area contributed by atoms with Crippen LogP contribution in [-0.4, -0.2) is 61.8 Å². The van der Waals surface area contributed by atoms with Gasteiger partial charge >= 0.3 is 0 Å². The number of aryl methyl sites for hydroxylation is 1. The molecule has 0 atom stereocenters. The van der Waals surface area contributed by atoms with Crippen LogP contribution in [0, 0.1) is 13.8 Å². The Morgan fingerprint density at radius 2 is 2.00 bits per heavy atom. The van der Waals surface area contributed by atoms with Gasteiger partial charge in [-0.05, 0) is 43.2 Å². The van der Waals surface area contributed by atoms with E-state index in [1.807, 2.05) is 32.0 Å². The van der Waals surface area contributed by atoms with E-state index in [4.69, 9.17) is 0 Å². The third kappa shape index (κ3) is 4.30. The summed E-state index contributed by atoms with van der Waals surface area (Å²) in [7, 11) is -1.90. The number of fused-ring (bicyclic) bond motifs is 1. The Labute approximate surface area is 164 Å². The van der Waals surface area contributed by atoms with Crippen molar-refractivity contribution in [2.24, 2.45) is 4.40 Å². The van der Waals surface area contributed by atoms with E-state index in [2.05, 4.69) is 9.71 Å². The summed E-state index contributed by atoms with van der Waals surface area (Å²) in [4.78, 5) is 27.9. The third-order valence-corrected chi connectivity index (χ3v) is 5.84. The van der Waals surface area contributed by atoms with Crippen molar-refractivity contribution >= 4 is 33.4 Å². The molecule has 0 aromatic heterocycles. The number of carbonyl (C=O) groups is 2. The van der Waals surface area contributed by atoms with Crippen molar-refractivity contribution in [3.63, 3.8) is 0 Å². The van der Waals surface area contributed by atoms with E-state index in [9.17, 15) is 18.0 Å². The van der Waals surface area contributed by atoms with Gasteiger partial charge in [-0.3, -0.25) is 9.59 Å². The normalized spacial score (nSPS) is 17.3. The molecule has 2 aliphatic rings. The molecule has 2 aliphatic heterocycles. The maximum absolute atomic E-state index is 12.7. The molecule has 28 heavy (non-hydrogen) atoms. The summed E-state index contributed by atoms with van der Waals surface area (Å²) in [5.74, 6) is -0.439. The summed E-state index contributed by atoms with van der Waals surface area (Å²) in [6.07, 6.45) is 4.57. The van der Waals surface area contributed by atoms with Gasteiger partial charge in [0.25, 0.3) is 15.9 Å². The van der Waals surface area contributed by atoms with Crippen LogP contribution in [0.25, 0.3) is 0 Å². The summed E-state index contributed by atoms with van der Waals surface area (Å²) < 4.78 is 26.8. The lowest BCUT2D eigenvalue weighted by Crippen LogP contribution is -2.39. The molecular weight excluding hydrogens is 380 g/mol. The van der Waals surface area contributed by atoms with Crippen molar-refractivity contribution in [2.75, 3.05) is 31.2 Å². The molecule has 148 valence electrons. The highest BCUT2D eigenvalue weighted by atomic mass is 32.2. The number of likely N-dealkylation sites (N-methyl/N-ethyl adjacent to an activating group) is 1. The predicted molar refractivity (Wildman–Crippen MR) is 107 cm³/mol. The number of nitrogens with one attached hydrogen (secondary N) is 1. The van der Waals surface area contributed by atoms with Crippen LogP contribution in [-0.2, 0) is 19.6 Å². The van der Waals surface area contributed by atoms with E-state index in [1.54, 1.807) is 18.1 Å². The van der Waals surface area contributed by atoms with Gasteiger partial charge in [0, 0.05) is 25.5 Å². The summed E-state index contributed by atoms with van der Waals surface area (Å²) in [5.41, 5.74) is 3.13. The minimum Gasteiger partial charge on any atom is -0.332 e. The van der Waals surface area contributed by atoms with Crippen molar-refractivity contribution in [3.8, 4) is 0 Å². The molecule has 0 bridgehead atoms. The molecular formula is C19H22N4O4S. The van der Waals surface area contributed by atoms with E-state index in [0.29, 0.717) is 5.57 Å². The zero-order chi connectivity index (χ0) is 20.5. The van der Waals surface area contributed by atoms with Gasteiger partial charge in [-0.2, -0.15) is 0 Å². The first kappa shape index (κ1) is 19.8. The molecule has 2 amide bonds. The average Bonchev–Trinajstić information content (AvgIpc) is 2.63. The Morgan fingerprint density at radius 1 is 1.25 bits per heavy atom. The Kier molecular flexibility index (Phi) is 5.37. The summed E-state index contributed by atoms with van der Waals surface area (Å²) in [6, 6.07) is 5.65. The lowest BCUT2D eigenvalue weighted by Gasteiger charge is -2.28. The molecule has 9 heteroatoms. The number of nitrogens with zero attached hydrogens (tertiary/aromatic N) is 3. The average molecular weight is 402 g/mol. The molecule has 2 heterocycles. The number of amides is 2. The van der Waals surface area contributed by atoms with Crippen LogP contribution in [0.1, 0.15) is 11.1 Å². The minimum atomic E-state index is -3.44. The molecule has 8 nitrogen and oxygen atoms in total. The molecule has 1 N–H and O–H groups in total. The van der Waals surface area contributed by atoms with Gasteiger partial charge in [0.2, 0.25) is 5.91 Å². The zero-order valence-electron chi connectivity index (χ0n) is 16.0. The predicted octanol–water partition coefficient (Wildman–Crippen LogP) is 1.20. The summed E-state index contributed by atoms with van der Waals surface area (Å²) in [6.45, 7) is 4.02. The fourth-order valence-electron chi connectivity index (χ4n) is 2.91. The van der Waals surface area contributed by atoms with Gasteiger partial charge in [0.15, 0.2) is 0 Å². The van der Waals surface area contributed by atoms with Gasteiger partial charge in [-0.15, -0.1) is 4.40 Å². The summed E-state index contributed by atoms with van der Waals surface area (Å²) >= 11 is 0. The first-order valence-corrected chi connectivity index (χ1v) is 10.4. The molecule has 0 radical (unpaired) electrons. The van der Waals surface area contributed by atoms with Crippen molar-refractivity contribution in [1.82, 2.24) is 9.80 Å². The molecule has 0 saturated carbocycles. The van der Waals surface area contributed by atoms with E-state index in [-0.39, 0.29) is 36.5 Å². The number of rotatable bonds is 4. The first-order valence-electron chi connectivity index (χ1n) is 8.77. The molecule has 1 aromatic rings. The fraction of sp³-hybridized carbons (Fsp3) is 0.316. The van der Waals surface area contributed by atoms with Crippen LogP contribution in [0.5, 0.6) is 0 Å². The van der Waals surface area contributed by atoms with Crippen molar-refractivity contribution < 1.29 is 18.0 Å². The topological polar surface area (TPSA) is 99.1 Å². The van der Waals surface area contributed by atoms with Crippen LogP contribution in [0.3, 0.4) is 0 Å². The molecule has 1 aromatic carbocycles. The lowest BCUT2D eigenvalue weighted by molar-refractivity contribution is -0.129. The Balaban J connectivity index is 1.65. The van der Waals surface area contributed by atoms with Gasteiger partial charge in [0.05, 0.1) is 17.9 Å². The minimum absolute atomic E-state index is 0.101. The van der Waals surface area contributed by atoms with Gasteiger partial charge < -0.3 is 15.1 Å². The number of hydrogen-bond acceptors (Lipinski definition) is 5. The smallest absolute Gasteiger partial charge is 0.256 e. The van der Waals surface area contributed by atoms with E-state index in [1.165, 1.54) is 17.1 Å². The molecule has 0 unspecified atom stereocenters. The van der Waals surface area contributed by atoms with Gasteiger partial charge in [0.1, 0.15) is 5.84 Å². The maximum Gasteiger partial charge on any atom is 0.256 e. The Morgan fingerprint density at radius 3 is 2.75 bits per heavy atom. The molecule has 0 fully saturated rings. The quantitative estimate of drug-likeness (QED) is 0.816. The van der Waals surface area contributed by atoms with Crippen LogP contribution >= 0.6 is 0 Å². The number of anilines is 1. The number of sulfonamides is 1. The van der Waals surface area contributed by atoms with E-state index < -0.39 is 10.0 Å². The van der Waals surface area contributed by atoms with Crippen LogP contribution in [0.4, 0.5) is 5.69 Å². The van der Waals surface area contributed by atoms with Crippen LogP contribution < -0.4 is 5.32 Å². The van der Waals surface area contributed by atoms with Crippen molar-refractivity contribution in [2.45, 2.75) is 13.8 Å². The number of benzene rings is 1. The zero-order valence-corrected chi connectivity index (χ0v) is 16.8. The standard InChI is InChI=1S/C19H22N4O4S/c1-13-5-4-6-16(14(13)2)20-18(24)12-22(3)19(25)15-7-8-17-21-28(26,27)10-9-23(17)11-15/h4-8,11H,9-10,12H2,1-3H3,(H,20,24). The third-order valence-electron chi connectivity index (χ3n) is 4.68. The van der Waals surface area contributed by atoms with Gasteiger partial charge in [-0.1, -0.05) is 12.1 Å². The number of amidine groups is 1. The number of hydrogen-bond donors (Lipinski definition) is 1.